The van der Waals surface area contributed by atoms with E-state index < -0.39 is 0 Å². The van der Waals surface area contributed by atoms with Crippen LogP contribution in [0.1, 0.15) is 58.7 Å². The van der Waals surface area contributed by atoms with Gasteiger partial charge >= 0.3 is 0 Å². The molecule has 3 nitrogen and oxygen atoms in total. The average Bonchev–Trinajstić information content (AvgIpc) is 2.85. The number of nitrogens with zero attached hydrogens (tertiary/aromatic N) is 1. The number of nitrogens with one attached hydrogen (secondary N) is 1. The highest BCUT2D eigenvalue weighted by molar-refractivity contribution is 7.09. The third-order valence-corrected chi connectivity index (χ3v) is 4.78. The Kier molecular flexibility index (Phi) is 4.05. The lowest BCUT2D eigenvalue weighted by Crippen LogP contribution is -2.50. The summed E-state index contributed by atoms with van der Waals surface area (Å²) < 4.78 is 5.82. The number of thiazole rings is 1. The van der Waals surface area contributed by atoms with Gasteiger partial charge in [-0.1, -0.05) is 20.8 Å². The van der Waals surface area contributed by atoms with E-state index >= 15 is 0 Å². The molecule has 2 atom stereocenters. The molecule has 0 saturated carbocycles. The molecule has 19 heavy (non-hydrogen) atoms. The summed E-state index contributed by atoms with van der Waals surface area (Å²) in [7, 11) is 0. The van der Waals surface area contributed by atoms with Crippen LogP contribution in [-0.4, -0.2) is 23.7 Å². The molecule has 1 aromatic heterocycles. The van der Waals surface area contributed by atoms with Gasteiger partial charge in [-0.2, -0.15) is 0 Å². The molecule has 2 rings (SSSR count). The Morgan fingerprint density at radius 2 is 2.16 bits per heavy atom. The highest BCUT2D eigenvalue weighted by Gasteiger charge is 2.46. The number of hydrogen-bond donors (Lipinski definition) is 1. The molecule has 1 aliphatic rings. The first-order chi connectivity index (χ1) is 8.75. The van der Waals surface area contributed by atoms with Crippen molar-refractivity contribution < 1.29 is 4.74 Å². The van der Waals surface area contributed by atoms with E-state index in [2.05, 4.69) is 52.2 Å². The van der Waals surface area contributed by atoms with Crippen LogP contribution in [0.3, 0.4) is 0 Å². The van der Waals surface area contributed by atoms with E-state index in [1.807, 2.05) is 0 Å². The summed E-state index contributed by atoms with van der Waals surface area (Å²) in [6, 6.07) is 0.422. The zero-order valence-corrected chi connectivity index (χ0v) is 13.7. The summed E-state index contributed by atoms with van der Waals surface area (Å²) in [6.07, 6.45) is 1.18. The Labute approximate surface area is 120 Å². The van der Waals surface area contributed by atoms with Gasteiger partial charge in [0.15, 0.2) is 0 Å². The van der Waals surface area contributed by atoms with E-state index in [0.29, 0.717) is 6.04 Å². The fourth-order valence-electron chi connectivity index (χ4n) is 2.61. The first-order valence-corrected chi connectivity index (χ1v) is 7.99. The van der Waals surface area contributed by atoms with E-state index in [9.17, 15) is 0 Å². The molecule has 1 N–H and O–H groups in total. The maximum Gasteiger partial charge on any atom is 0.116 e. The Morgan fingerprint density at radius 3 is 2.58 bits per heavy atom. The molecule has 1 aliphatic heterocycles. The van der Waals surface area contributed by atoms with Crippen molar-refractivity contribution in [3.05, 3.63) is 16.1 Å². The van der Waals surface area contributed by atoms with Gasteiger partial charge in [-0.3, -0.25) is 0 Å². The zero-order valence-electron chi connectivity index (χ0n) is 12.9. The summed E-state index contributed by atoms with van der Waals surface area (Å²) >= 11 is 1.76. The van der Waals surface area contributed by atoms with Crippen LogP contribution in [0.15, 0.2) is 5.38 Å². The average molecular weight is 282 g/mol. The first-order valence-electron chi connectivity index (χ1n) is 7.11. The van der Waals surface area contributed by atoms with E-state index in [0.717, 1.165) is 13.0 Å². The molecule has 2 heterocycles. The standard InChI is InChI=1S/C15H26N2OS/c1-10(2)17-15(7-8-18-11(15)3)13-16-12(9-19-13)14(4,5)6/h9-11,17H,7-8H2,1-6H3. The Bertz CT molecular complexity index is 436. The Morgan fingerprint density at radius 1 is 1.47 bits per heavy atom. The quantitative estimate of drug-likeness (QED) is 0.922. The van der Waals surface area contributed by atoms with Crippen LogP contribution in [0, 0.1) is 0 Å². The van der Waals surface area contributed by atoms with Gasteiger partial charge in [0, 0.05) is 23.4 Å². The van der Waals surface area contributed by atoms with E-state index in [4.69, 9.17) is 9.72 Å². The molecule has 108 valence electrons. The summed E-state index contributed by atoms with van der Waals surface area (Å²) in [5.41, 5.74) is 1.18. The molecule has 0 spiro atoms. The molecule has 0 radical (unpaired) electrons. The van der Waals surface area contributed by atoms with Crippen molar-refractivity contribution in [2.24, 2.45) is 0 Å². The fourth-order valence-corrected chi connectivity index (χ4v) is 3.93. The largest absolute Gasteiger partial charge is 0.376 e. The highest BCUT2D eigenvalue weighted by atomic mass is 32.1. The fraction of sp³-hybridized carbons (Fsp3) is 0.800. The van der Waals surface area contributed by atoms with Crippen molar-refractivity contribution in [3.63, 3.8) is 0 Å². The van der Waals surface area contributed by atoms with Gasteiger partial charge < -0.3 is 10.1 Å². The van der Waals surface area contributed by atoms with Gasteiger partial charge in [-0.15, -0.1) is 11.3 Å². The Balaban J connectivity index is 2.37. The Hall–Kier alpha value is -0.450. The molecule has 0 bridgehead atoms. The zero-order chi connectivity index (χ0) is 14.3. The molecule has 1 aromatic rings. The number of hydrogen-bond acceptors (Lipinski definition) is 4. The van der Waals surface area contributed by atoms with E-state index in [-0.39, 0.29) is 17.1 Å². The summed E-state index contributed by atoms with van der Waals surface area (Å²) in [5.74, 6) is 0. The van der Waals surface area contributed by atoms with Crippen LogP contribution in [-0.2, 0) is 15.7 Å². The molecule has 4 heteroatoms. The molecule has 2 unspecified atom stereocenters. The number of aromatic nitrogens is 1. The second-order valence-electron chi connectivity index (χ2n) is 6.82. The minimum atomic E-state index is -0.109. The smallest absolute Gasteiger partial charge is 0.116 e. The van der Waals surface area contributed by atoms with Crippen LogP contribution in [0.25, 0.3) is 0 Å². The van der Waals surface area contributed by atoms with Gasteiger partial charge in [-0.05, 0) is 27.2 Å². The van der Waals surface area contributed by atoms with Crippen LogP contribution in [0.5, 0.6) is 0 Å². The van der Waals surface area contributed by atoms with Gasteiger partial charge in [0.1, 0.15) is 5.01 Å². The monoisotopic (exact) mass is 282 g/mol. The van der Waals surface area contributed by atoms with Crippen molar-refractivity contribution >= 4 is 11.3 Å². The topological polar surface area (TPSA) is 34.2 Å². The minimum absolute atomic E-state index is 0.108. The molecule has 1 saturated heterocycles. The molecule has 1 fully saturated rings. The molecular formula is C15H26N2OS. The van der Waals surface area contributed by atoms with Gasteiger partial charge in [-0.25, -0.2) is 4.98 Å². The SMILES string of the molecule is CC(C)NC1(c2nc(C(C)(C)C)cs2)CCOC1C. The van der Waals surface area contributed by atoms with Crippen LogP contribution in [0.2, 0.25) is 0 Å². The van der Waals surface area contributed by atoms with Gasteiger partial charge in [0.2, 0.25) is 0 Å². The van der Waals surface area contributed by atoms with Crippen LogP contribution < -0.4 is 5.32 Å². The van der Waals surface area contributed by atoms with Crippen molar-refractivity contribution in [3.8, 4) is 0 Å². The lowest BCUT2D eigenvalue weighted by molar-refractivity contribution is 0.0783. The predicted molar refractivity (Wildman–Crippen MR) is 80.8 cm³/mol. The van der Waals surface area contributed by atoms with Crippen molar-refractivity contribution in [1.29, 1.82) is 0 Å². The molecular weight excluding hydrogens is 256 g/mol. The summed E-state index contributed by atoms with van der Waals surface area (Å²) in [6.45, 7) is 14.0. The normalized spacial score (nSPS) is 28.3. The van der Waals surface area contributed by atoms with Crippen LogP contribution >= 0.6 is 11.3 Å². The number of rotatable bonds is 3. The predicted octanol–water partition coefficient (Wildman–Crippen LogP) is 3.44. The van der Waals surface area contributed by atoms with Crippen molar-refractivity contribution in [2.45, 2.75) is 71.1 Å². The van der Waals surface area contributed by atoms with E-state index in [1.54, 1.807) is 11.3 Å². The molecule has 0 amide bonds. The third-order valence-electron chi connectivity index (χ3n) is 3.76. The summed E-state index contributed by atoms with van der Waals surface area (Å²) in [5, 5.41) is 7.08. The minimum Gasteiger partial charge on any atom is -0.376 e. The highest BCUT2D eigenvalue weighted by Crippen LogP contribution is 2.39. The van der Waals surface area contributed by atoms with Gasteiger partial charge in [0.05, 0.1) is 17.3 Å². The van der Waals surface area contributed by atoms with Gasteiger partial charge in [0.25, 0.3) is 0 Å². The van der Waals surface area contributed by atoms with E-state index in [1.165, 1.54) is 10.7 Å². The second kappa shape index (κ2) is 5.15. The third kappa shape index (κ3) is 2.86. The lowest BCUT2D eigenvalue weighted by Gasteiger charge is -2.33. The molecule has 0 aliphatic carbocycles. The first kappa shape index (κ1) is 14.9. The lowest BCUT2D eigenvalue weighted by atomic mass is 9.90. The summed E-state index contributed by atoms with van der Waals surface area (Å²) in [4.78, 5) is 4.92. The second-order valence-corrected chi connectivity index (χ2v) is 7.68. The van der Waals surface area contributed by atoms with Crippen molar-refractivity contribution in [2.75, 3.05) is 6.61 Å². The van der Waals surface area contributed by atoms with Crippen molar-refractivity contribution in [1.82, 2.24) is 10.3 Å². The maximum atomic E-state index is 5.82. The maximum absolute atomic E-state index is 5.82. The van der Waals surface area contributed by atoms with Crippen LogP contribution in [0.4, 0.5) is 0 Å². The number of ether oxygens (including phenoxy) is 1. The molecule has 0 aromatic carbocycles.